The van der Waals surface area contributed by atoms with Crippen molar-refractivity contribution in [2.75, 3.05) is 51.6 Å². The Bertz CT molecular complexity index is 3830. The van der Waals surface area contributed by atoms with Crippen LogP contribution in [-0.2, 0) is 86.3 Å². The molecule has 2 aromatic carbocycles. The SMILES string of the molecule is CCCCCCOCN(C(=O)[C@@H](NC(=O)[C@H]1CCCCN1C)C(C)CC)[C@H](C[C@@H](OC(C)=O)c1nc(C(=O)N[C@@H](Cc2ccc(O)cc2)C[C@H](C)C(=O)NNC(=O)OCCSSC[C@@H](C)NC(=O)[C@H](CC(=O)O)NC(=O)[C@H](CC(=O)O)NC(=O)Cc2ccc(CNC(=O)NCCCC[C@@H](C)NC(=O)N[C@@H](CCC(=O)O)C(=O)O)cc2)cs1)C(C)C. The number of nitrogens with one attached hydrogen (secondary N) is 11. The molecule has 12 atom stereocenters. The second-order valence-corrected chi connectivity index (χ2v) is 33.8. The van der Waals surface area contributed by atoms with E-state index in [4.69, 9.17) is 24.3 Å². The number of carbonyl (C=O) groups is 15. The van der Waals surface area contributed by atoms with E-state index in [-0.39, 0.29) is 122 Å². The standard InChI is InChI=1S/C80H122N14O23S3/c1-11-13-14-19-34-115-46-94(76(109)69(48(5)12-2)90-74(108)62-21-16-18-33-93(62)10)63(47(3)4)42-64(117-52(9)95)75-88-61(45-118-75)73(107)85-56(38-53-26-28-57(96)29-27-53)37-49(6)70(104)91-92-80(114)116-35-36-119-120-44-51(8)83-71(105)60(41-68(102)103)87-72(106)59(40-67(100)101)86-65(97)39-54-22-24-55(25-23-54)43-82-78(112)81-32-17-15-20-50(7)84-79(113)89-58(77(110)111)30-31-66(98)99/h22-29,45,47-51,56,58-60,62-64,69,96H,11-21,30-44,46H2,1-10H3,(H,83,105)(H,85,107)(H,86,97)(H,87,106)(H,90,108)(H,91,104)(H,92,114)(H,98,99)(H,100,101)(H,102,103)(H,110,111)(H2,81,82,112)(H2,84,89,113)/t48?,49-,50+,51+,56+,58-,59-,60-,62+,63+,64+,69-/m0/s1. The molecular weight excluding hydrogens is 1620 g/mol. The highest BCUT2D eigenvalue weighted by molar-refractivity contribution is 8.76. The van der Waals surface area contributed by atoms with Crippen LogP contribution in [0.15, 0.2) is 53.9 Å². The Hall–Kier alpha value is -10.1. The number of aromatic hydroxyl groups is 1. The Kier molecular flexibility index (Phi) is 46.9. The Labute approximate surface area is 711 Å². The zero-order valence-corrected chi connectivity index (χ0v) is 72.4. The van der Waals surface area contributed by atoms with Crippen LogP contribution in [0.5, 0.6) is 5.75 Å². The van der Waals surface area contributed by atoms with E-state index < -0.39 is 151 Å². The van der Waals surface area contributed by atoms with Crippen molar-refractivity contribution in [3.63, 3.8) is 0 Å². The number of benzene rings is 2. The number of likely N-dealkylation sites (N-methyl/N-ethyl adjacent to an activating group) is 1. The number of carboxylic acid groups (broad SMARTS) is 4. The molecule has 0 bridgehead atoms. The van der Waals surface area contributed by atoms with Crippen LogP contribution in [0.1, 0.15) is 210 Å². The number of hydrogen-bond donors (Lipinski definition) is 16. The number of nitrogens with zero attached hydrogens (tertiary/aromatic N) is 3. The summed E-state index contributed by atoms with van der Waals surface area (Å²) in [6, 6.07) is 3.02. The third kappa shape index (κ3) is 39.9. The number of urea groups is 2. The Morgan fingerprint density at radius 1 is 0.658 bits per heavy atom. The van der Waals surface area contributed by atoms with Crippen LogP contribution in [0.25, 0.3) is 0 Å². The zero-order valence-electron chi connectivity index (χ0n) is 69.9. The molecule has 1 aromatic heterocycles. The monoisotopic (exact) mass is 1740 g/mol. The first kappa shape index (κ1) is 102. The molecular formula is C80H122N14O23S3. The molecule has 3 aromatic rings. The number of amides is 12. The van der Waals surface area contributed by atoms with Crippen molar-refractivity contribution < 1.29 is 112 Å². The molecule has 1 unspecified atom stereocenters. The van der Waals surface area contributed by atoms with E-state index in [0.717, 1.165) is 56.4 Å². The van der Waals surface area contributed by atoms with Gasteiger partial charge in [-0.2, -0.15) is 0 Å². The number of hydrogen-bond acceptors (Lipinski definition) is 24. The molecule has 0 aliphatic carbocycles. The summed E-state index contributed by atoms with van der Waals surface area (Å²) in [5, 5.41) is 72.8. The molecule has 2 heterocycles. The van der Waals surface area contributed by atoms with Crippen LogP contribution >= 0.6 is 32.9 Å². The van der Waals surface area contributed by atoms with Crippen LogP contribution in [-0.4, -0.2) is 236 Å². The average molecular weight is 1740 g/mol. The number of phenols is 1. The average Bonchev–Trinajstić information content (AvgIpc) is 1.26. The lowest BCUT2D eigenvalue weighted by atomic mass is 9.92. The van der Waals surface area contributed by atoms with E-state index >= 15 is 4.79 Å². The zero-order chi connectivity index (χ0) is 89.0. The summed E-state index contributed by atoms with van der Waals surface area (Å²) in [5.74, 6) is -11.7. The Morgan fingerprint density at radius 2 is 1.32 bits per heavy atom. The molecule has 1 fully saturated rings. The highest BCUT2D eigenvalue weighted by atomic mass is 33.1. The number of phenolic OH excluding ortho intramolecular Hbond substituents is 1. The number of unbranched alkanes of at least 4 members (excludes halogenated alkanes) is 4. The summed E-state index contributed by atoms with van der Waals surface area (Å²) in [6.07, 6.45) is 3.89. The molecule has 1 saturated heterocycles. The van der Waals surface area contributed by atoms with Gasteiger partial charge in [-0.05, 0) is 126 Å². The number of aromatic nitrogens is 1. The van der Waals surface area contributed by atoms with Gasteiger partial charge in [0.2, 0.25) is 35.4 Å². The van der Waals surface area contributed by atoms with Crippen molar-refractivity contribution in [2.45, 2.75) is 251 Å². The van der Waals surface area contributed by atoms with Gasteiger partial charge in [0.05, 0.1) is 25.3 Å². The van der Waals surface area contributed by atoms with E-state index in [1.54, 1.807) is 62.1 Å². The predicted octanol–water partition coefficient (Wildman–Crippen LogP) is 6.41. The highest BCUT2D eigenvalue weighted by Gasteiger charge is 2.40. The molecule has 4 rings (SSSR count). The fourth-order valence-corrected chi connectivity index (χ4v) is 15.7. The molecule has 16 N–H and O–H groups in total. The number of thiazole rings is 1. The van der Waals surface area contributed by atoms with Crippen LogP contribution in [0.4, 0.5) is 14.4 Å². The smallest absolute Gasteiger partial charge is 0.426 e. The second-order valence-electron chi connectivity index (χ2n) is 30.2. The molecule has 12 amide bonds. The number of piperidine rings is 1. The lowest BCUT2D eigenvalue weighted by Crippen LogP contribution is -2.59. The van der Waals surface area contributed by atoms with Crippen molar-refractivity contribution in [3.8, 4) is 5.75 Å². The number of esters is 1. The van der Waals surface area contributed by atoms with E-state index in [2.05, 4.69) is 65.6 Å². The van der Waals surface area contributed by atoms with Crippen LogP contribution in [0.2, 0.25) is 0 Å². The summed E-state index contributed by atoms with van der Waals surface area (Å²) in [6.45, 7) is 17.3. The second kappa shape index (κ2) is 55.0. The number of rotatable bonds is 55. The molecule has 1 aliphatic heterocycles. The number of aliphatic carboxylic acids is 4. The Balaban J connectivity index is 1.26. The van der Waals surface area contributed by atoms with Crippen LogP contribution < -0.4 is 58.7 Å². The van der Waals surface area contributed by atoms with E-state index in [9.17, 15) is 87.5 Å². The third-order valence-electron chi connectivity index (χ3n) is 19.6. The minimum atomic E-state index is -1.73. The quantitative estimate of drug-likeness (QED) is 0.00953. The first-order valence-electron chi connectivity index (χ1n) is 40.5. The maximum atomic E-state index is 15.1. The summed E-state index contributed by atoms with van der Waals surface area (Å²) in [5.41, 5.74) is 6.32. The molecule has 668 valence electrons. The Morgan fingerprint density at radius 3 is 1.96 bits per heavy atom. The van der Waals surface area contributed by atoms with Gasteiger partial charge >= 0.3 is 48.0 Å². The van der Waals surface area contributed by atoms with Gasteiger partial charge in [-0.15, -0.1) is 11.3 Å². The van der Waals surface area contributed by atoms with Gasteiger partial charge in [0, 0.05) is 86.4 Å². The van der Waals surface area contributed by atoms with Gasteiger partial charge in [0.15, 0.2) is 6.10 Å². The van der Waals surface area contributed by atoms with Gasteiger partial charge in [-0.3, -0.25) is 63.1 Å². The molecule has 0 spiro atoms. The van der Waals surface area contributed by atoms with E-state index in [1.165, 1.54) is 46.0 Å². The van der Waals surface area contributed by atoms with Crippen molar-refractivity contribution >= 4 is 122 Å². The molecule has 0 radical (unpaired) electrons. The first-order chi connectivity index (χ1) is 57.0. The summed E-state index contributed by atoms with van der Waals surface area (Å²) in [7, 11) is 4.39. The maximum absolute atomic E-state index is 15.1. The minimum absolute atomic E-state index is 0.00649. The number of ether oxygens (including phenoxy) is 3. The van der Waals surface area contributed by atoms with Gasteiger partial charge in [-0.1, -0.05) is 132 Å². The van der Waals surface area contributed by atoms with Gasteiger partial charge in [-0.25, -0.2) is 29.6 Å². The number of carboxylic acids is 4. The van der Waals surface area contributed by atoms with Gasteiger partial charge in [0.1, 0.15) is 54.0 Å². The van der Waals surface area contributed by atoms with Crippen molar-refractivity contribution in [2.24, 2.45) is 17.8 Å². The van der Waals surface area contributed by atoms with E-state index in [1.807, 2.05) is 39.6 Å². The van der Waals surface area contributed by atoms with Gasteiger partial charge < -0.3 is 92.5 Å². The van der Waals surface area contributed by atoms with E-state index in [0.29, 0.717) is 55.4 Å². The fourth-order valence-electron chi connectivity index (χ4n) is 12.8. The molecule has 120 heavy (non-hydrogen) atoms. The normalized spacial score (nSPS) is 15.4. The number of likely N-dealkylation sites (tertiary alicyclic amines) is 1. The summed E-state index contributed by atoms with van der Waals surface area (Å²) < 4.78 is 17.5. The number of carbonyl (C=O) groups excluding carboxylic acids is 11. The summed E-state index contributed by atoms with van der Waals surface area (Å²) in [4.78, 5) is 202. The number of hydrazine groups is 1. The van der Waals surface area contributed by atoms with Crippen LogP contribution in [0, 0.1) is 17.8 Å². The third-order valence-corrected chi connectivity index (χ3v) is 23.1. The van der Waals surface area contributed by atoms with Crippen molar-refractivity contribution in [1.82, 2.24) is 73.5 Å². The topological polar surface area (TPSA) is 537 Å². The minimum Gasteiger partial charge on any atom is -0.508 e. The highest BCUT2D eigenvalue weighted by Crippen LogP contribution is 2.33. The lowest BCUT2D eigenvalue weighted by Gasteiger charge is -2.40. The maximum Gasteiger partial charge on any atom is 0.426 e. The predicted molar refractivity (Wildman–Crippen MR) is 447 cm³/mol. The largest absolute Gasteiger partial charge is 0.508 e. The summed E-state index contributed by atoms with van der Waals surface area (Å²) >= 11 is 1.08. The van der Waals surface area contributed by atoms with Crippen molar-refractivity contribution in [3.05, 3.63) is 81.3 Å². The molecule has 37 nitrogen and oxygen atoms in total. The lowest BCUT2D eigenvalue weighted by molar-refractivity contribution is -0.153. The molecule has 40 heteroatoms. The first-order valence-corrected chi connectivity index (χ1v) is 43.9. The van der Waals surface area contributed by atoms with Crippen molar-refractivity contribution in [1.29, 1.82) is 0 Å². The fraction of sp³-hybridized carbons (Fsp3) is 0.625. The van der Waals surface area contributed by atoms with Crippen LogP contribution in [0.3, 0.4) is 0 Å². The van der Waals surface area contributed by atoms with Gasteiger partial charge in [0.25, 0.3) is 5.91 Å². The molecule has 0 saturated carbocycles. The molecule has 1 aliphatic rings.